The normalized spacial score (nSPS) is 10.6. The van der Waals surface area contributed by atoms with Crippen LogP contribution in [0.15, 0.2) is 47.6 Å². The minimum atomic E-state index is -0.227. The number of hydrogen-bond acceptors (Lipinski definition) is 5. The van der Waals surface area contributed by atoms with Crippen molar-refractivity contribution in [3.63, 3.8) is 0 Å². The number of nitrogens with one attached hydrogen (secondary N) is 2. The molecular weight excluding hydrogens is 395 g/mol. The standard InChI is InChI=1S/C17H14Cl2N4O2S/c1-25-11-7-5-10(6-8-11)16-21-17(23-22-16)26-9-14(24)20-13-4-2-3-12(18)15(13)19/h2-8H,9H2,1H3,(H,20,24)(H,21,22,23). The molecule has 6 nitrogen and oxygen atoms in total. The molecule has 1 aromatic heterocycles. The Labute approximate surface area is 164 Å². The molecule has 0 spiro atoms. The van der Waals surface area contributed by atoms with Gasteiger partial charge in [-0.15, -0.1) is 5.10 Å². The highest BCUT2D eigenvalue weighted by atomic mass is 35.5. The summed E-state index contributed by atoms with van der Waals surface area (Å²) >= 11 is 13.2. The van der Waals surface area contributed by atoms with Gasteiger partial charge in [-0.25, -0.2) is 4.98 Å². The van der Waals surface area contributed by atoms with Crippen molar-refractivity contribution in [2.75, 3.05) is 18.2 Å². The summed E-state index contributed by atoms with van der Waals surface area (Å²) in [5.41, 5.74) is 1.35. The van der Waals surface area contributed by atoms with E-state index in [1.807, 2.05) is 24.3 Å². The number of carbonyl (C=O) groups excluding carboxylic acids is 1. The van der Waals surface area contributed by atoms with Gasteiger partial charge in [0, 0.05) is 5.56 Å². The number of ether oxygens (including phenoxy) is 1. The van der Waals surface area contributed by atoms with E-state index in [1.54, 1.807) is 25.3 Å². The van der Waals surface area contributed by atoms with Crippen LogP contribution < -0.4 is 10.1 Å². The number of methoxy groups -OCH3 is 1. The van der Waals surface area contributed by atoms with Gasteiger partial charge in [0.15, 0.2) is 5.82 Å². The Morgan fingerprint density at radius 2 is 2.00 bits per heavy atom. The third kappa shape index (κ3) is 4.49. The van der Waals surface area contributed by atoms with Crippen molar-refractivity contribution in [3.05, 3.63) is 52.5 Å². The van der Waals surface area contributed by atoms with E-state index < -0.39 is 0 Å². The zero-order valence-corrected chi connectivity index (χ0v) is 16.0. The Balaban J connectivity index is 1.59. The van der Waals surface area contributed by atoms with Gasteiger partial charge < -0.3 is 10.1 Å². The molecule has 0 fully saturated rings. The van der Waals surface area contributed by atoms with Crippen LogP contribution in [-0.4, -0.2) is 34.0 Å². The summed E-state index contributed by atoms with van der Waals surface area (Å²) in [6, 6.07) is 12.5. The van der Waals surface area contributed by atoms with E-state index in [1.165, 1.54) is 11.8 Å². The molecule has 26 heavy (non-hydrogen) atoms. The maximum atomic E-state index is 12.1. The number of amides is 1. The summed E-state index contributed by atoms with van der Waals surface area (Å²) < 4.78 is 5.13. The van der Waals surface area contributed by atoms with E-state index in [0.29, 0.717) is 26.7 Å². The molecule has 9 heteroatoms. The summed E-state index contributed by atoms with van der Waals surface area (Å²) in [4.78, 5) is 16.5. The quantitative estimate of drug-likeness (QED) is 0.586. The van der Waals surface area contributed by atoms with Gasteiger partial charge in [-0.05, 0) is 36.4 Å². The Morgan fingerprint density at radius 1 is 1.23 bits per heavy atom. The van der Waals surface area contributed by atoms with Crippen LogP contribution in [0.5, 0.6) is 5.75 Å². The van der Waals surface area contributed by atoms with Crippen LogP contribution >= 0.6 is 35.0 Å². The van der Waals surface area contributed by atoms with Crippen molar-refractivity contribution in [1.82, 2.24) is 15.2 Å². The van der Waals surface area contributed by atoms with Crippen molar-refractivity contribution < 1.29 is 9.53 Å². The Morgan fingerprint density at radius 3 is 2.73 bits per heavy atom. The van der Waals surface area contributed by atoms with Crippen LogP contribution in [-0.2, 0) is 4.79 Å². The fraction of sp³-hybridized carbons (Fsp3) is 0.118. The minimum absolute atomic E-state index is 0.142. The van der Waals surface area contributed by atoms with E-state index in [2.05, 4.69) is 20.5 Å². The molecule has 0 saturated heterocycles. The molecule has 0 saturated carbocycles. The number of halogens is 2. The number of hydrogen-bond donors (Lipinski definition) is 2. The van der Waals surface area contributed by atoms with E-state index in [9.17, 15) is 4.79 Å². The Bertz CT molecular complexity index is 915. The van der Waals surface area contributed by atoms with Crippen LogP contribution in [0.4, 0.5) is 5.69 Å². The number of aromatic amines is 1. The average Bonchev–Trinajstić information content (AvgIpc) is 3.13. The first kappa shape index (κ1) is 18.6. The average molecular weight is 409 g/mol. The van der Waals surface area contributed by atoms with Gasteiger partial charge in [-0.3, -0.25) is 9.89 Å². The van der Waals surface area contributed by atoms with Gasteiger partial charge >= 0.3 is 0 Å². The lowest BCUT2D eigenvalue weighted by atomic mass is 10.2. The second-order valence-corrected chi connectivity index (χ2v) is 6.86. The molecule has 3 aromatic rings. The molecule has 1 amide bonds. The minimum Gasteiger partial charge on any atom is -0.497 e. The number of anilines is 1. The van der Waals surface area contributed by atoms with Crippen molar-refractivity contribution in [1.29, 1.82) is 0 Å². The molecule has 0 atom stereocenters. The van der Waals surface area contributed by atoms with Gasteiger partial charge in [-0.1, -0.05) is 41.0 Å². The fourth-order valence-corrected chi connectivity index (χ4v) is 3.05. The molecule has 0 unspecified atom stereocenters. The largest absolute Gasteiger partial charge is 0.497 e. The van der Waals surface area contributed by atoms with Crippen molar-refractivity contribution in [2.24, 2.45) is 0 Å². The number of carbonyl (C=O) groups is 1. The Kier molecular flexibility index (Phi) is 6.03. The van der Waals surface area contributed by atoms with Crippen LogP contribution in [0, 0.1) is 0 Å². The molecule has 1 heterocycles. The maximum absolute atomic E-state index is 12.1. The smallest absolute Gasteiger partial charge is 0.234 e. The van der Waals surface area contributed by atoms with Gasteiger partial charge in [0.25, 0.3) is 0 Å². The highest BCUT2D eigenvalue weighted by Crippen LogP contribution is 2.29. The molecule has 134 valence electrons. The molecular formula is C17H14Cl2N4O2S. The summed E-state index contributed by atoms with van der Waals surface area (Å²) in [6.45, 7) is 0. The molecule has 0 radical (unpaired) electrons. The summed E-state index contributed by atoms with van der Waals surface area (Å²) in [5, 5.41) is 10.9. The molecule has 0 bridgehead atoms. The topological polar surface area (TPSA) is 79.9 Å². The summed E-state index contributed by atoms with van der Waals surface area (Å²) in [7, 11) is 1.61. The number of rotatable bonds is 6. The third-order valence-corrected chi connectivity index (χ3v) is 5.05. The van der Waals surface area contributed by atoms with Gasteiger partial charge in [0.2, 0.25) is 11.1 Å². The first-order valence-electron chi connectivity index (χ1n) is 7.50. The monoisotopic (exact) mass is 408 g/mol. The molecule has 2 aromatic carbocycles. The van der Waals surface area contributed by atoms with E-state index >= 15 is 0 Å². The van der Waals surface area contributed by atoms with Gasteiger partial charge in [-0.2, -0.15) is 0 Å². The number of nitrogens with zero attached hydrogens (tertiary/aromatic N) is 2. The van der Waals surface area contributed by atoms with E-state index in [0.717, 1.165) is 11.3 Å². The number of thioether (sulfide) groups is 1. The zero-order chi connectivity index (χ0) is 18.5. The fourth-order valence-electron chi connectivity index (χ4n) is 2.11. The molecule has 2 N–H and O–H groups in total. The second kappa shape index (κ2) is 8.44. The highest BCUT2D eigenvalue weighted by molar-refractivity contribution is 7.99. The van der Waals surface area contributed by atoms with Crippen LogP contribution in [0.1, 0.15) is 0 Å². The first-order chi connectivity index (χ1) is 12.6. The molecule has 0 aliphatic rings. The van der Waals surface area contributed by atoms with Crippen LogP contribution in [0.3, 0.4) is 0 Å². The zero-order valence-electron chi connectivity index (χ0n) is 13.6. The summed E-state index contributed by atoms with van der Waals surface area (Å²) in [6.07, 6.45) is 0. The second-order valence-electron chi connectivity index (χ2n) is 5.13. The highest BCUT2D eigenvalue weighted by Gasteiger charge is 2.11. The van der Waals surface area contributed by atoms with E-state index in [-0.39, 0.29) is 11.7 Å². The number of H-pyrrole nitrogens is 1. The molecule has 0 aliphatic carbocycles. The van der Waals surface area contributed by atoms with Crippen molar-refractivity contribution in [2.45, 2.75) is 5.16 Å². The van der Waals surface area contributed by atoms with E-state index in [4.69, 9.17) is 27.9 Å². The van der Waals surface area contributed by atoms with Gasteiger partial charge in [0.1, 0.15) is 5.75 Å². The lowest BCUT2D eigenvalue weighted by molar-refractivity contribution is -0.113. The SMILES string of the molecule is COc1ccc(-c2nc(SCC(=O)Nc3cccc(Cl)c3Cl)n[nH]2)cc1. The predicted molar refractivity (Wildman–Crippen MR) is 104 cm³/mol. The van der Waals surface area contributed by atoms with Crippen molar-refractivity contribution in [3.8, 4) is 17.1 Å². The van der Waals surface area contributed by atoms with Crippen LogP contribution in [0.25, 0.3) is 11.4 Å². The van der Waals surface area contributed by atoms with Crippen LogP contribution in [0.2, 0.25) is 10.0 Å². The summed E-state index contributed by atoms with van der Waals surface area (Å²) in [5.74, 6) is 1.30. The lowest BCUT2D eigenvalue weighted by Crippen LogP contribution is -2.14. The maximum Gasteiger partial charge on any atom is 0.234 e. The van der Waals surface area contributed by atoms with Gasteiger partial charge in [0.05, 0.1) is 28.6 Å². The number of aromatic nitrogens is 3. The predicted octanol–water partition coefficient (Wildman–Crippen LogP) is 4.52. The first-order valence-corrected chi connectivity index (χ1v) is 9.24. The number of benzene rings is 2. The molecule has 0 aliphatic heterocycles. The lowest BCUT2D eigenvalue weighted by Gasteiger charge is -2.07. The Hall–Kier alpha value is -2.22. The third-order valence-electron chi connectivity index (χ3n) is 3.39. The molecule has 3 rings (SSSR count). The van der Waals surface area contributed by atoms with Crippen molar-refractivity contribution >= 4 is 46.6 Å².